The van der Waals surface area contributed by atoms with Crippen LogP contribution < -0.4 is 0 Å². The van der Waals surface area contributed by atoms with Crippen molar-refractivity contribution in [3.8, 4) is 0 Å². The first kappa shape index (κ1) is 15.8. The van der Waals surface area contributed by atoms with Crippen molar-refractivity contribution in [2.75, 3.05) is 13.1 Å². The highest BCUT2D eigenvalue weighted by atomic mass is 19.4. The summed E-state index contributed by atoms with van der Waals surface area (Å²) in [4.78, 5) is 2.19. The lowest BCUT2D eigenvalue weighted by Crippen LogP contribution is -2.29. The lowest BCUT2D eigenvalue weighted by atomic mass is 9.95. The van der Waals surface area contributed by atoms with E-state index >= 15 is 0 Å². The molecule has 2 aromatic rings. The average molecular weight is 317 g/mol. The summed E-state index contributed by atoms with van der Waals surface area (Å²) in [5.74, 6) is 0. The summed E-state index contributed by atoms with van der Waals surface area (Å²) in [6.07, 6.45) is -1.61. The standard InChI is InChI=1S/C19H18F3N/c20-19(21,22)18-11-5-4-10-17(18)16-9-6-12-23(14-16)13-15-7-2-1-3-8-15/h1-5,7-11H,6,12-14H2. The molecule has 0 spiro atoms. The summed E-state index contributed by atoms with van der Waals surface area (Å²) in [7, 11) is 0. The first-order chi connectivity index (χ1) is 11.0. The summed E-state index contributed by atoms with van der Waals surface area (Å²) in [5, 5.41) is 0. The summed E-state index contributed by atoms with van der Waals surface area (Å²) in [5.41, 5.74) is 1.70. The van der Waals surface area contributed by atoms with E-state index in [2.05, 4.69) is 4.90 Å². The number of rotatable bonds is 3. The average Bonchev–Trinajstić information content (AvgIpc) is 2.55. The second-order valence-electron chi connectivity index (χ2n) is 5.76. The molecule has 2 aromatic carbocycles. The molecule has 23 heavy (non-hydrogen) atoms. The minimum atomic E-state index is -4.32. The maximum absolute atomic E-state index is 13.2. The zero-order chi connectivity index (χ0) is 16.3. The van der Waals surface area contributed by atoms with Gasteiger partial charge in [0.05, 0.1) is 5.56 Å². The largest absolute Gasteiger partial charge is 0.416 e. The minimum absolute atomic E-state index is 0.303. The molecule has 0 saturated carbocycles. The van der Waals surface area contributed by atoms with Gasteiger partial charge in [-0.1, -0.05) is 54.6 Å². The molecule has 0 unspecified atom stereocenters. The van der Waals surface area contributed by atoms with E-state index in [1.54, 1.807) is 12.1 Å². The topological polar surface area (TPSA) is 3.24 Å². The van der Waals surface area contributed by atoms with Gasteiger partial charge in [0, 0.05) is 19.6 Å². The van der Waals surface area contributed by atoms with Crippen molar-refractivity contribution in [1.29, 1.82) is 0 Å². The Morgan fingerprint density at radius 1 is 0.913 bits per heavy atom. The van der Waals surface area contributed by atoms with E-state index in [9.17, 15) is 13.2 Å². The Kier molecular flexibility index (Phi) is 4.53. The molecule has 1 aliphatic rings. The molecule has 4 heteroatoms. The number of benzene rings is 2. The van der Waals surface area contributed by atoms with Gasteiger partial charge >= 0.3 is 6.18 Å². The van der Waals surface area contributed by atoms with Gasteiger partial charge in [0.15, 0.2) is 0 Å². The van der Waals surface area contributed by atoms with E-state index in [1.807, 2.05) is 36.4 Å². The molecule has 0 N–H and O–H groups in total. The van der Waals surface area contributed by atoms with Crippen molar-refractivity contribution in [1.82, 2.24) is 4.90 Å². The van der Waals surface area contributed by atoms with Gasteiger partial charge in [0.25, 0.3) is 0 Å². The highest BCUT2D eigenvalue weighted by Gasteiger charge is 2.34. The molecular weight excluding hydrogens is 299 g/mol. The van der Waals surface area contributed by atoms with Gasteiger partial charge in [-0.25, -0.2) is 0 Å². The van der Waals surface area contributed by atoms with Gasteiger partial charge in [-0.2, -0.15) is 13.2 Å². The van der Waals surface area contributed by atoms with Crippen LogP contribution in [0.15, 0.2) is 60.7 Å². The van der Waals surface area contributed by atoms with Crippen LogP contribution in [0.3, 0.4) is 0 Å². The third-order valence-electron chi connectivity index (χ3n) is 4.06. The zero-order valence-electron chi connectivity index (χ0n) is 12.7. The molecule has 0 fully saturated rings. The zero-order valence-corrected chi connectivity index (χ0v) is 12.7. The van der Waals surface area contributed by atoms with Gasteiger partial charge in [-0.3, -0.25) is 4.90 Å². The van der Waals surface area contributed by atoms with Gasteiger partial charge in [0.1, 0.15) is 0 Å². The van der Waals surface area contributed by atoms with Gasteiger partial charge in [-0.15, -0.1) is 0 Å². The molecule has 0 saturated heterocycles. The first-order valence-corrected chi connectivity index (χ1v) is 7.66. The monoisotopic (exact) mass is 317 g/mol. The molecule has 3 rings (SSSR count). The van der Waals surface area contributed by atoms with Gasteiger partial charge in [0.2, 0.25) is 0 Å². The molecule has 120 valence electrons. The van der Waals surface area contributed by atoms with Crippen molar-refractivity contribution < 1.29 is 13.2 Å². The lowest BCUT2D eigenvalue weighted by molar-refractivity contribution is -0.137. The van der Waals surface area contributed by atoms with Crippen LogP contribution in [0.1, 0.15) is 23.1 Å². The number of nitrogens with zero attached hydrogens (tertiary/aromatic N) is 1. The van der Waals surface area contributed by atoms with Crippen molar-refractivity contribution in [3.63, 3.8) is 0 Å². The molecule has 0 aromatic heterocycles. The molecule has 1 nitrogen and oxygen atoms in total. The van der Waals surface area contributed by atoms with E-state index < -0.39 is 11.7 Å². The maximum atomic E-state index is 13.2. The van der Waals surface area contributed by atoms with Crippen molar-refractivity contribution in [2.24, 2.45) is 0 Å². The van der Waals surface area contributed by atoms with Crippen LogP contribution >= 0.6 is 0 Å². The fourth-order valence-corrected chi connectivity index (χ4v) is 2.99. The van der Waals surface area contributed by atoms with Crippen molar-refractivity contribution in [2.45, 2.75) is 19.1 Å². The minimum Gasteiger partial charge on any atom is -0.295 e. The van der Waals surface area contributed by atoms with Crippen LogP contribution in [0, 0.1) is 0 Å². The predicted octanol–water partition coefficient (Wildman–Crippen LogP) is 4.99. The molecule has 0 amide bonds. The Labute approximate surface area is 134 Å². The third-order valence-corrected chi connectivity index (χ3v) is 4.06. The van der Waals surface area contributed by atoms with Crippen molar-refractivity contribution >= 4 is 5.57 Å². The summed E-state index contributed by atoms with van der Waals surface area (Å²) >= 11 is 0. The second-order valence-corrected chi connectivity index (χ2v) is 5.76. The first-order valence-electron chi connectivity index (χ1n) is 7.66. The Morgan fingerprint density at radius 2 is 1.61 bits per heavy atom. The number of alkyl halides is 3. The smallest absolute Gasteiger partial charge is 0.295 e. The molecular formula is C19H18F3N. The highest BCUT2D eigenvalue weighted by Crippen LogP contribution is 2.36. The van der Waals surface area contributed by atoms with Crippen LogP contribution in [-0.2, 0) is 12.7 Å². The summed E-state index contributed by atoms with van der Waals surface area (Å²) in [6, 6.07) is 15.9. The van der Waals surface area contributed by atoms with Crippen LogP contribution in [0.2, 0.25) is 0 Å². The van der Waals surface area contributed by atoms with Crippen LogP contribution in [-0.4, -0.2) is 18.0 Å². The van der Waals surface area contributed by atoms with Gasteiger partial charge in [-0.05, 0) is 29.2 Å². The Morgan fingerprint density at radius 3 is 2.35 bits per heavy atom. The molecule has 0 atom stereocenters. The fourth-order valence-electron chi connectivity index (χ4n) is 2.99. The van der Waals surface area contributed by atoms with Crippen molar-refractivity contribution in [3.05, 3.63) is 77.4 Å². The maximum Gasteiger partial charge on any atom is 0.416 e. The Hall–Kier alpha value is -2.07. The molecule has 1 aliphatic heterocycles. The van der Waals surface area contributed by atoms with Crippen LogP contribution in [0.25, 0.3) is 5.57 Å². The van der Waals surface area contributed by atoms with E-state index in [4.69, 9.17) is 0 Å². The number of halogens is 3. The molecule has 0 radical (unpaired) electrons. The van der Waals surface area contributed by atoms with Crippen LogP contribution in [0.5, 0.6) is 0 Å². The highest BCUT2D eigenvalue weighted by molar-refractivity contribution is 5.70. The second kappa shape index (κ2) is 6.59. The Bertz CT molecular complexity index is 689. The van der Waals surface area contributed by atoms with E-state index in [0.717, 1.165) is 31.1 Å². The normalized spacial score (nSPS) is 16.2. The number of hydrogen-bond acceptors (Lipinski definition) is 1. The molecule has 0 bridgehead atoms. The quantitative estimate of drug-likeness (QED) is 0.770. The van der Waals surface area contributed by atoms with Gasteiger partial charge < -0.3 is 0 Å². The SMILES string of the molecule is FC(F)(F)c1ccccc1C1=CCCN(Cc2ccccc2)C1. The number of hydrogen-bond donors (Lipinski definition) is 0. The van der Waals surface area contributed by atoms with E-state index in [0.29, 0.717) is 12.1 Å². The third kappa shape index (κ3) is 3.82. The molecule has 1 heterocycles. The summed E-state index contributed by atoms with van der Waals surface area (Å²) < 4.78 is 39.6. The van der Waals surface area contributed by atoms with E-state index in [1.165, 1.54) is 11.6 Å². The van der Waals surface area contributed by atoms with Crippen LogP contribution in [0.4, 0.5) is 13.2 Å². The van der Waals surface area contributed by atoms with E-state index in [-0.39, 0.29) is 0 Å². The summed E-state index contributed by atoms with van der Waals surface area (Å²) in [6.45, 7) is 2.17. The lowest BCUT2D eigenvalue weighted by Gasteiger charge is -2.28. The predicted molar refractivity (Wildman–Crippen MR) is 85.8 cm³/mol. The Balaban J connectivity index is 1.81. The fraction of sp³-hybridized carbons (Fsp3) is 0.263. The molecule has 0 aliphatic carbocycles.